The molecule has 0 saturated carbocycles. The van der Waals surface area contributed by atoms with Crippen LogP contribution in [0, 0.1) is 11.3 Å². The molecule has 0 amide bonds. The molecular formula is C36H39N3O6. The Bertz CT molecular complexity index is 1520. The fourth-order valence-electron chi connectivity index (χ4n) is 5.76. The zero-order valence-corrected chi connectivity index (χ0v) is 26.0. The number of nitrogen functional groups attached to an aromatic ring is 1. The molecule has 4 aromatic rings. The maximum Gasteiger partial charge on any atom is 0.419 e. The molecule has 0 aliphatic carbocycles. The van der Waals surface area contributed by atoms with Gasteiger partial charge in [0.1, 0.15) is 23.9 Å². The summed E-state index contributed by atoms with van der Waals surface area (Å²) < 4.78 is 32.5. The smallest absolute Gasteiger partial charge is 0.419 e. The highest BCUT2D eigenvalue weighted by atomic mass is 16.7. The Morgan fingerprint density at radius 3 is 2.02 bits per heavy atom. The quantitative estimate of drug-likeness (QED) is 0.223. The molecule has 234 valence electrons. The van der Waals surface area contributed by atoms with Gasteiger partial charge in [0.05, 0.1) is 31.6 Å². The zero-order chi connectivity index (χ0) is 32.0. The molecule has 2 N–H and O–H groups in total. The summed E-state index contributed by atoms with van der Waals surface area (Å²) in [5, 5.41) is 9.83. The number of hydrogen-bond acceptors (Lipinski definition) is 8. The van der Waals surface area contributed by atoms with Gasteiger partial charge in [-0.25, -0.2) is 9.36 Å². The number of ether oxygens (including phenoxy) is 5. The van der Waals surface area contributed by atoms with Gasteiger partial charge in [-0.2, -0.15) is 5.26 Å². The molecule has 3 aromatic carbocycles. The van der Waals surface area contributed by atoms with Crippen molar-refractivity contribution < 1.29 is 28.5 Å². The summed E-state index contributed by atoms with van der Waals surface area (Å²) >= 11 is 0. The van der Waals surface area contributed by atoms with Gasteiger partial charge in [0.25, 0.3) is 0 Å². The number of carbonyl (C=O) groups excluding carboxylic acids is 1. The maximum absolute atomic E-state index is 12.7. The zero-order valence-electron chi connectivity index (χ0n) is 26.0. The molecule has 9 nitrogen and oxygen atoms in total. The van der Waals surface area contributed by atoms with E-state index in [1.54, 1.807) is 6.92 Å². The number of hydrogen-bond donors (Lipinski definition) is 1. The SMILES string of the molecule is CCOC(=O)n1cc([C@@H]2COC(C)(C)O[C@@H](C)C(COC(c3ccccc3)(c3ccccc3)c3ccccc3)O2)c(N)c1C#N. The normalized spacial score (nSPS) is 20.0. The Morgan fingerprint density at radius 1 is 1.00 bits per heavy atom. The molecule has 1 aromatic heterocycles. The van der Waals surface area contributed by atoms with Crippen LogP contribution in [-0.2, 0) is 29.3 Å². The van der Waals surface area contributed by atoms with Crippen molar-refractivity contribution in [1.29, 1.82) is 5.26 Å². The van der Waals surface area contributed by atoms with Crippen molar-refractivity contribution in [3.8, 4) is 6.07 Å². The maximum atomic E-state index is 12.7. The van der Waals surface area contributed by atoms with Gasteiger partial charge in [0, 0.05) is 11.8 Å². The number of rotatable bonds is 8. The van der Waals surface area contributed by atoms with Crippen LogP contribution >= 0.6 is 0 Å². The van der Waals surface area contributed by atoms with Crippen LogP contribution in [0.5, 0.6) is 0 Å². The summed E-state index contributed by atoms with van der Waals surface area (Å²) in [5.74, 6) is -0.967. The second-order valence-electron chi connectivity index (χ2n) is 11.3. The van der Waals surface area contributed by atoms with Crippen LogP contribution in [0.15, 0.2) is 97.2 Å². The van der Waals surface area contributed by atoms with Crippen LogP contribution in [0.3, 0.4) is 0 Å². The highest BCUT2D eigenvalue weighted by molar-refractivity contribution is 5.77. The molecule has 1 aliphatic rings. The van der Waals surface area contributed by atoms with Crippen LogP contribution in [0.2, 0.25) is 0 Å². The third-order valence-corrected chi connectivity index (χ3v) is 7.91. The number of benzene rings is 3. The molecule has 5 rings (SSSR count). The van der Waals surface area contributed by atoms with Gasteiger partial charge in [-0.3, -0.25) is 0 Å². The van der Waals surface area contributed by atoms with Crippen molar-refractivity contribution in [3.05, 3.63) is 125 Å². The van der Waals surface area contributed by atoms with Crippen LogP contribution in [0.4, 0.5) is 10.5 Å². The van der Waals surface area contributed by atoms with Crippen LogP contribution in [-0.4, -0.2) is 48.5 Å². The number of nitriles is 1. The number of nitrogens with zero attached hydrogens (tertiary/aromatic N) is 2. The minimum atomic E-state index is -0.975. The van der Waals surface area contributed by atoms with Crippen LogP contribution in [0.25, 0.3) is 0 Å². The lowest BCUT2D eigenvalue weighted by molar-refractivity contribution is -0.296. The van der Waals surface area contributed by atoms with Gasteiger partial charge < -0.3 is 29.4 Å². The number of anilines is 1. The van der Waals surface area contributed by atoms with E-state index in [9.17, 15) is 10.1 Å². The van der Waals surface area contributed by atoms with E-state index in [0.29, 0.717) is 5.56 Å². The molecular weight excluding hydrogens is 570 g/mol. The van der Waals surface area contributed by atoms with Crippen molar-refractivity contribution >= 4 is 11.8 Å². The molecule has 9 heteroatoms. The monoisotopic (exact) mass is 609 g/mol. The summed E-state index contributed by atoms with van der Waals surface area (Å²) in [7, 11) is 0. The Labute approximate surface area is 264 Å². The molecule has 3 atom stereocenters. The van der Waals surface area contributed by atoms with E-state index in [2.05, 4.69) is 36.4 Å². The first-order chi connectivity index (χ1) is 21.7. The van der Waals surface area contributed by atoms with E-state index in [1.807, 2.05) is 81.4 Å². The first-order valence-corrected chi connectivity index (χ1v) is 15.1. The Kier molecular flexibility index (Phi) is 9.71. The van der Waals surface area contributed by atoms with E-state index in [0.717, 1.165) is 21.3 Å². The average molecular weight is 610 g/mol. The lowest BCUT2D eigenvalue weighted by atomic mass is 9.80. The predicted octanol–water partition coefficient (Wildman–Crippen LogP) is 6.55. The molecule has 0 spiro atoms. The van der Waals surface area contributed by atoms with Gasteiger partial charge in [-0.15, -0.1) is 0 Å². The molecule has 45 heavy (non-hydrogen) atoms. The first-order valence-electron chi connectivity index (χ1n) is 15.1. The predicted molar refractivity (Wildman–Crippen MR) is 169 cm³/mol. The summed E-state index contributed by atoms with van der Waals surface area (Å²) in [6.07, 6.45) is -1.04. The van der Waals surface area contributed by atoms with Gasteiger partial charge in [-0.05, 0) is 44.4 Å². The lowest BCUT2D eigenvalue weighted by Crippen LogP contribution is -2.47. The molecule has 1 fully saturated rings. The molecule has 0 radical (unpaired) electrons. The minimum Gasteiger partial charge on any atom is -0.449 e. The topological polar surface area (TPSA) is 118 Å². The summed E-state index contributed by atoms with van der Waals surface area (Å²) in [4.78, 5) is 12.7. The van der Waals surface area contributed by atoms with Crippen LogP contribution < -0.4 is 5.73 Å². The van der Waals surface area contributed by atoms with Crippen LogP contribution in [0.1, 0.15) is 61.7 Å². The lowest BCUT2D eigenvalue weighted by Gasteiger charge is -2.41. The molecule has 1 saturated heterocycles. The standard InChI is InChI=1S/C36H39N3O6/c1-5-41-34(40)39-22-29(33(38)30(39)21-37)32-24-42-35(3,4)45-25(2)31(44-32)23-43-36(26-15-9-6-10-16-26,27-17-11-7-12-18-27)28-19-13-8-14-20-28/h6-20,22,25,31-32H,5,23-24,38H2,1-4H3/t25-,31?,32-/m0/s1. The Balaban J connectivity index is 1.56. The largest absolute Gasteiger partial charge is 0.449 e. The van der Waals surface area contributed by atoms with Crippen molar-refractivity contribution in [2.75, 3.05) is 25.6 Å². The average Bonchev–Trinajstić information content (AvgIpc) is 3.39. The number of nitrogens with two attached hydrogens (primary N) is 1. The number of carbonyl (C=O) groups is 1. The molecule has 0 bridgehead atoms. The molecule has 1 aliphatic heterocycles. The third-order valence-electron chi connectivity index (χ3n) is 7.91. The fourth-order valence-corrected chi connectivity index (χ4v) is 5.76. The van der Waals surface area contributed by atoms with Gasteiger partial charge in [0.15, 0.2) is 11.5 Å². The van der Waals surface area contributed by atoms with Crippen molar-refractivity contribution in [1.82, 2.24) is 4.57 Å². The Morgan fingerprint density at radius 2 is 1.53 bits per heavy atom. The molecule has 1 unspecified atom stereocenters. The van der Waals surface area contributed by atoms with Crippen molar-refractivity contribution in [2.24, 2.45) is 0 Å². The second kappa shape index (κ2) is 13.7. The van der Waals surface area contributed by atoms with Gasteiger partial charge >= 0.3 is 6.09 Å². The van der Waals surface area contributed by atoms with E-state index < -0.39 is 35.8 Å². The van der Waals surface area contributed by atoms with Gasteiger partial charge in [-0.1, -0.05) is 91.0 Å². The number of aromatic nitrogens is 1. The van der Waals surface area contributed by atoms with E-state index in [-0.39, 0.29) is 31.2 Å². The summed E-state index contributed by atoms with van der Waals surface area (Å²) in [6, 6.07) is 32.3. The van der Waals surface area contributed by atoms with E-state index in [4.69, 9.17) is 29.4 Å². The second-order valence-corrected chi connectivity index (χ2v) is 11.3. The van der Waals surface area contributed by atoms with Crippen molar-refractivity contribution in [3.63, 3.8) is 0 Å². The van der Waals surface area contributed by atoms with Gasteiger partial charge in [0.2, 0.25) is 0 Å². The van der Waals surface area contributed by atoms with E-state index in [1.165, 1.54) is 6.20 Å². The third kappa shape index (κ3) is 6.65. The highest BCUT2D eigenvalue weighted by Gasteiger charge is 2.41. The van der Waals surface area contributed by atoms with Crippen molar-refractivity contribution in [2.45, 2.75) is 57.4 Å². The minimum absolute atomic E-state index is 0.0262. The first kappa shape index (κ1) is 31.9. The fraction of sp³-hybridized carbons (Fsp3) is 0.333. The molecule has 2 heterocycles. The highest BCUT2D eigenvalue weighted by Crippen LogP contribution is 2.42. The Hall–Kier alpha value is -4.46. The summed E-state index contributed by atoms with van der Waals surface area (Å²) in [5.41, 5.74) is 8.87. The summed E-state index contributed by atoms with van der Waals surface area (Å²) in [6.45, 7) is 7.59. The van der Waals surface area contributed by atoms with E-state index >= 15 is 0 Å².